The zero-order chi connectivity index (χ0) is 18.8. The molecule has 1 aromatic carbocycles. The van der Waals surface area contributed by atoms with Crippen molar-refractivity contribution in [1.82, 2.24) is 14.9 Å². The number of hydrogen-bond acceptors (Lipinski definition) is 7. The number of benzene rings is 1. The number of nitrogens with zero attached hydrogens (tertiary/aromatic N) is 2. The third-order valence-corrected chi connectivity index (χ3v) is 5.16. The van der Waals surface area contributed by atoms with E-state index in [1.807, 2.05) is 0 Å². The van der Waals surface area contributed by atoms with Crippen molar-refractivity contribution in [2.24, 2.45) is 0 Å². The van der Waals surface area contributed by atoms with E-state index in [-0.39, 0.29) is 17.9 Å². The molecule has 0 bridgehead atoms. The molecule has 0 radical (unpaired) electrons. The Balaban J connectivity index is 1.62. The Labute approximate surface area is 156 Å². The van der Waals surface area contributed by atoms with Gasteiger partial charge in [0.15, 0.2) is 6.29 Å². The summed E-state index contributed by atoms with van der Waals surface area (Å²) in [5, 5.41) is 0.448. The Morgan fingerprint density at radius 3 is 2.93 bits per heavy atom. The molecule has 0 saturated carbocycles. The third-order valence-electron chi connectivity index (χ3n) is 5.16. The molecule has 144 valence electrons. The lowest BCUT2D eigenvalue weighted by Crippen LogP contribution is -2.47. The summed E-state index contributed by atoms with van der Waals surface area (Å²) in [6.07, 6.45) is 3.00. The normalized spacial score (nSPS) is 21.6. The highest BCUT2D eigenvalue weighted by Gasteiger charge is 2.34. The van der Waals surface area contributed by atoms with Crippen LogP contribution in [0.15, 0.2) is 23.0 Å². The zero-order valence-electron chi connectivity index (χ0n) is 15.3. The first-order valence-corrected chi connectivity index (χ1v) is 9.24. The highest BCUT2D eigenvalue weighted by Crippen LogP contribution is 2.25. The van der Waals surface area contributed by atoms with Gasteiger partial charge in [-0.3, -0.25) is 9.69 Å². The highest BCUT2D eigenvalue weighted by molar-refractivity contribution is 5.93. The van der Waals surface area contributed by atoms with Gasteiger partial charge in [-0.05, 0) is 37.6 Å². The van der Waals surface area contributed by atoms with Crippen molar-refractivity contribution >= 4 is 16.9 Å². The minimum Gasteiger partial charge on any atom is -0.465 e. The van der Waals surface area contributed by atoms with E-state index in [1.165, 1.54) is 7.11 Å². The number of ether oxygens (including phenoxy) is 3. The van der Waals surface area contributed by atoms with Crippen LogP contribution in [-0.2, 0) is 20.8 Å². The summed E-state index contributed by atoms with van der Waals surface area (Å²) in [5.74, 6) is 0.117. The summed E-state index contributed by atoms with van der Waals surface area (Å²) in [6.45, 7) is 2.64. The number of piperidine rings is 1. The monoisotopic (exact) mass is 373 g/mol. The largest absolute Gasteiger partial charge is 0.465 e. The average molecular weight is 373 g/mol. The van der Waals surface area contributed by atoms with Crippen molar-refractivity contribution < 1.29 is 19.0 Å². The van der Waals surface area contributed by atoms with Gasteiger partial charge in [0.1, 0.15) is 5.82 Å². The second-order valence-electron chi connectivity index (χ2n) is 6.88. The summed E-state index contributed by atoms with van der Waals surface area (Å²) in [5.41, 5.74) is 0.643. The molecule has 27 heavy (non-hydrogen) atoms. The van der Waals surface area contributed by atoms with Gasteiger partial charge >= 0.3 is 5.97 Å². The smallest absolute Gasteiger partial charge is 0.337 e. The molecule has 1 atom stereocenters. The molecule has 0 amide bonds. The molecule has 1 aromatic heterocycles. The van der Waals surface area contributed by atoms with Crippen LogP contribution in [0.5, 0.6) is 0 Å². The van der Waals surface area contributed by atoms with E-state index in [4.69, 9.17) is 14.2 Å². The van der Waals surface area contributed by atoms with Gasteiger partial charge in [0.25, 0.3) is 5.56 Å². The van der Waals surface area contributed by atoms with Crippen LogP contribution in [0, 0.1) is 0 Å². The molecule has 2 aliphatic rings. The quantitative estimate of drug-likeness (QED) is 0.811. The average Bonchev–Trinajstić information content (AvgIpc) is 3.22. The van der Waals surface area contributed by atoms with Crippen LogP contribution in [0.1, 0.15) is 35.4 Å². The molecule has 1 N–H and O–H groups in total. The lowest BCUT2D eigenvalue weighted by atomic mass is 10.0. The fourth-order valence-corrected chi connectivity index (χ4v) is 3.82. The SMILES string of the molecule is COC(=O)c1ccc2c(=O)[nH]c(CN3CCCCC3C3OCCO3)nc2c1. The Morgan fingerprint density at radius 1 is 1.33 bits per heavy atom. The lowest BCUT2D eigenvalue weighted by molar-refractivity contribution is -0.111. The first-order valence-electron chi connectivity index (χ1n) is 9.24. The summed E-state index contributed by atoms with van der Waals surface area (Å²) in [6, 6.07) is 4.92. The van der Waals surface area contributed by atoms with Crippen molar-refractivity contribution in [2.75, 3.05) is 26.9 Å². The number of likely N-dealkylation sites (tertiary alicyclic amines) is 1. The maximum absolute atomic E-state index is 12.5. The molecule has 2 saturated heterocycles. The Hall–Kier alpha value is -2.29. The van der Waals surface area contributed by atoms with Gasteiger partial charge in [0.05, 0.1) is 49.4 Å². The second kappa shape index (κ2) is 7.75. The molecular weight excluding hydrogens is 350 g/mol. The number of carbonyl (C=O) groups excluding carboxylic acids is 1. The van der Waals surface area contributed by atoms with Crippen molar-refractivity contribution in [3.63, 3.8) is 0 Å². The molecule has 2 aliphatic heterocycles. The molecule has 8 nitrogen and oxygen atoms in total. The van der Waals surface area contributed by atoms with Crippen LogP contribution in [0.4, 0.5) is 0 Å². The number of hydrogen-bond donors (Lipinski definition) is 1. The Morgan fingerprint density at radius 2 is 2.15 bits per heavy atom. The summed E-state index contributed by atoms with van der Waals surface area (Å²) in [4.78, 5) is 33.9. The molecular formula is C19H23N3O5. The van der Waals surface area contributed by atoms with E-state index in [0.29, 0.717) is 42.0 Å². The van der Waals surface area contributed by atoms with Crippen LogP contribution < -0.4 is 5.56 Å². The number of H-pyrrole nitrogens is 1. The van der Waals surface area contributed by atoms with Crippen molar-refractivity contribution in [3.05, 3.63) is 39.9 Å². The number of esters is 1. The standard InChI is InChI=1S/C19H23N3O5/c1-25-18(24)12-5-6-13-14(10-12)20-16(21-17(13)23)11-22-7-3-2-4-15(22)19-26-8-9-27-19/h5-6,10,15,19H,2-4,7-9,11H2,1H3,(H,20,21,23). The van der Waals surface area contributed by atoms with Gasteiger partial charge in [-0.25, -0.2) is 9.78 Å². The molecule has 8 heteroatoms. The van der Waals surface area contributed by atoms with E-state index < -0.39 is 5.97 Å². The van der Waals surface area contributed by atoms with Crippen LogP contribution in [-0.4, -0.2) is 60.0 Å². The maximum Gasteiger partial charge on any atom is 0.337 e. The van der Waals surface area contributed by atoms with Gasteiger partial charge < -0.3 is 19.2 Å². The minimum atomic E-state index is -0.452. The summed E-state index contributed by atoms with van der Waals surface area (Å²) >= 11 is 0. The second-order valence-corrected chi connectivity index (χ2v) is 6.88. The topological polar surface area (TPSA) is 93.8 Å². The molecule has 3 heterocycles. The van der Waals surface area contributed by atoms with Gasteiger partial charge in [0, 0.05) is 0 Å². The summed E-state index contributed by atoms with van der Waals surface area (Å²) in [7, 11) is 1.33. The number of aromatic nitrogens is 2. The van der Waals surface area contributed by atoms with Gasteiger partial charge in [-0.15, -0.1) is 0 Å². The van der Waals surface area contributed by atoms with Crippen LogP contribution >= 0.6 is 0 Å². The minimum absolute atomic E-state index is 0.156. The van der Waals surface area contributed by atoms with Gasteiger partial charge in [-0.1, -0.05) is 6.42 Å². The van der Waals surface area contributed by atoms with E-state index in [2.05, 4.69) is 14.9 Å². The van der Waals surface area contributed by atoms with Crippen LogP contribution in [0.25, 0.3) is 10.9 Å². The zero-order valence-corrected chi connectivity index (χ0v) is 15.3. The van der Waals surface area contributed by atoms with Crippen LogP contribution in [0.3, 0.4) is 0 Å². The maximum atomic E-state index is 12.5. The van der Waals surface area contributed by atoms with Crippen LogP contribution in [0.2, 0.25) is 0 Å². The molecule has 0 spiro atoms. The number of rotatable bonds is 4. The van der Waals surface area contributed by atoms with Crippen molar-refractivity contribution in [1.29, 1.82) is 0 Å². The fourth-order valence-electron chi connectivity index (χ4n) is 3.82. The molecule has 1 unspecified atom stereocenters. The molecule has 4 rings (SSSR count). The van der Waals surface area contributed by atoms with Gasteiger partial charge in [0.2, 0.25) is 0 Å². The van der Waals surface area contributed by atoms with Gasteiger partial charge in [-0.2, -0.15) is 0 Å². The third kappa shape index (κ3) is 3.73. The molecule has 0 aliphatic carbocycles. The number of carbonyl (C=O) groups is 1. The number of aromatic amines is 1. The van der Waals surface area contributed by atoms with Crippen molar-refractivity contribution in [3.8, 4) is 0 Å². The Kier molecular flexibility index (Phi) is 5.20. The van der Waals surface area contributed by atoms with E-state index >= 15 is 0 Å². The van der Waals surface area contributed by atoms with E-state index in [0.717, 1.165) is 25.8 Å². The molecule has 2 fully saturated rings. The molecule has 2 aromatic rings. The Bertz CT molecular complexity index is 891. The number of fused-ring (bicyclic) bond motifs is 1. The predicted octanol–water partition coefficient (Wildman–Crippen LogP) is 1.44. The summed E-state index contributed by atoms with van der Waals surface area (Å²) < 4.78 is 16.2. The first-order chi connectivity index (χ1) is 13.2. The number of nitrogens with one attached hydrogen (secondary N) is 1. The highest BCUT2D eigenvalue weighted by atomic mass is 16.7. The fraction of sp³-hybridized carbons (Fsp3) is 0.526. The first kappa shape index (κ1) is 18.1. The van der Waals surface area contributed by atoms with E-state index in [9.17, 15) is 9.59 Å². The lowest BCUT2D eigenvalue weighted by Gasteiger charge is -2.37. The van der Waals surface area contributed by atoms with E-state index in [1.54, 1.807) is 18.2 Å². The number of methoxy groups -OCH3 is 1. The predicted molar refractivity (Wildman–Crippen MR) is 97.4 cm³/mol. The van der Waals surface area contributed by atoms with Crippen molar-refractivity contribution in [2.45, 2.75) is 38.1 Å².